The number of aromatic nitrogens is 2. The van der Waals surface area contributed by atoms with Gasteiger partial charge >= 0.3 is 0 Å². The summed E-state index contributed by atoms with van der Waals surface area (Å²) < 4.78 is 6.79. The van der Waals surface area contributed by atoms with Crippen LogP contribution in [-0.2, 0) is 4.74 Å². The Labute approximate surface area is 149 Å². The van der Waals surface area contributed by atoms with Crippen molar-refractivity contribution in [3.63, 3.8) is 0 Å². The van der Waals surface area contributed by atoms with Gasteiger partial charge in [-0.15, -0.1) is 11.3 Å². The zero-order valence-corrected chi connectivity index (χ0v) is 15.1. The van der Waals surface area contributed by atoms with E-state index in [1.54, 1.807) is 11.8 Å². The maximum absolute atomic E-state index is 12.3. The third-order valence-electron chi connectivity index (χ3n) is 3.66. The number of thiophene rings is 1. The second-order valence-corrected chi connectivity index (χ2v) is 6.82. The van der Waals surface area contributed by atoms with E-state index in [1.807, 2.05) is 37.3 Å². The second kappa shape index (κ2) is 7.34. The number of aryl methyl sites for hydroxylation is 1. The number of methoxy groups -OCH3 is 1. The molecular formula is C17H18ClN3O2S. The molecule has 2 heterocycles. The van der Waals surface area contributed by atoms with Crippen LogP contribution in [0.5, 0.6) is 0 Å². The van der Waals surface area contributed by atoms with Crippen molar-refractivity contribution in [2.75, 3.05) is 20.3 Å². The van der Waals surface area contributed by atoms with Crippen LogP contribution in [0.15, 0.2) is 30.3 Å². The van der Waals surface area contributed by atoms with E-state index >= 15 is 0 Å². The molecule has 0 bridgehead atoms. The summed E-state index contributed by atoms with van der Waals surface area (Å²) >= 11 is 7.71. The zero-order chi connectivity index (χ0) is 17.1. The van der Waals surface area contributed by atoms with E-state index < -0.39 is 0 Å². The number of fused-ring (bicyclic) bond motifs is 1. The third-order valence-corrected chi connectivity index (χ3v) is 5.09. The van der Waals surface area contributed by atoms with Crippen molar-refractivity contribution in [2.24, 2.45) is 0 Å². The van der Waals surface area contributed by atoms with Gasteiger partial charge < -0.3 is 10.1 Å². The number of nitrogens with zero attached hydrogens (tertiary/aromatic N) is 2. The van der Waals surface area contributed by atoms with E-state index in [-0.39, 0.29) is 5.91 Å². The molecule has 24 heavy (non-hydrogen) atoms. The molecule has 2 aromatic heterocycles. The number of hydrogen-bond acceptors (Lipinski definition) is 4. The number of carbonyl (C=O) groups excluding carboxylic acids is 1. The highest BCUT2D eigenvalue weighted by Crippen LogP contribution is 2.32. The van der Waals surface area contributed by atoms with E-state index in [4.69, 9.17) is 16.3 Å². The van der Waals surface area contributed by atoms with Crippen LogP contribution in [0.25, 0.3) is 15.9 Å². The maximum atomic E-state index is 12.3. The van der Waals surface area contributed by atoms with Gasteiger partial charge in [-0.05, 0) is 31.5 Å². The normalized spacial score (nSPS) is 11.1. The Morgan fingerprint density at radius 2 is 2.21 bits per heavy atom. The average Bonchev–Trinajstić information content (AvgIpc) is 3.13. The largest absolute Gasteiger partial charge is 0.385 e. The van der Waals surface area contributed by atoms with E-state index in [0.29, 0.717) is 23.1 Å². The predicted molar refractivity (Wildman–Crippen MR) is 97.5 cm³/mol. The molecule has 0 spiro atoms. The molecule has 0 radical (unpaired) electrons. The van der Waals surface area contributed by atoms with Crippen molar-refractivity contribution >= 4 is 39.1 Å². The van der Waals surface area contributed by atoms with Gasteiger partial charge in [0.1, 0.15) is 4.83 Å². The molecule has 5 nitrogen and oxygen atoms in total. The lowest BCUT2D eigenvalue weighted by molar-refractivity contribution is 0.0952. The lowest BCUT2D eigenvalue weighted by atomic mass is 10.3. The Morgan fingerprint density at radius 3 is 2.96 bits per heavy atom. The summed E-state index contributed by atoms with van der Waals surface area (Å²) in [6.45, 7) is 3.16. The molecule has 0 aliphatic heterocycles. The number of nitrogens with one attached hydrogen (secondary N) is 1. The molecule has 0 atom stereocenters. The van der Waals surface area contributed by atoms with Crippen molar-refractivity contribution in [3.05, 3.63) is 45.9 Å². The van der Waals surface area contributed by atoms with Crippen molar-refractivity contribution in [3.8, 4) is 5.69 Å². The van der Waals surface area contributed by atoms with Crippen molar-refractivity contribution < 1.29 is 9.53 Å². The van der Waals surface area contributed by atoms with Crippen molar-refractivity contribution in [1.82, 2.24) is 15.1 Å². The van der Waals surface area contributed by atoms with Gasteiger partial charge in [-0.25, -0.2) is 4.68 Å². The van der Waals surface area contributed by atoms with Crippen LogP contribution in [0.4, 0.5) is 0 Å². The summed E-state index contributed by atoms with van der Waals surface area (Å²) in [5, 5.41) is 9.07. The molecule has 0 saturated carbocycles. The SMILES string of the molecule is COCCCNC(=O)c1cc2c(C)nn(-c3ccccc3Cl)c2s1. The molecule has 3 rings (SSSR count). The molecular weight excluding hydrogens is 346 g/mol. The van der Waals surface area contributed by atoms with Gasteiger partial charge in [0.25, 0.3) is 5.91 Å². The monoisotopic (exact) mass is 363 g/mol. The molecule has 0 aliphatic rings. The molecule has 1 N–H and O–H groups in total. The van der Waals surface area contributed by atoms with Crippen LogP contribution in [0.1, 0.15) is 21.8 Å². The number of amides is 1. The number of hydrogen-bond donors (Lipinski definition) is 1. The molecule has 126 valence electrons. The standard InChI is InChI=1S/C17H18ClN3O2S/c1-11-12-10-15(16(22)19-8-5-9-23-2)24-17(12)21(20-11)14-7-4-3-6-13(14)18/h3-4,6-7,10H,5,8-9H2,1-2H3,(H,19,22). The highest BCUT2D eigenvalue weighted by molar-refractivity contribution is 7.20. The minimum Gasteiger partial charge on any atom is -0.385 e. The van der Waals surface area contributed by atoms with Gasteiger partial charge in [-0.1, -0.05) is 23.7 Å². The minimum atomic E-state index is -0.0718. The van der Waals surface area contributed by atoms with E-state index in [0.717, 1.165) is 28.0 Å². The highest BCUT2D eigenvalue weighted by Gasteiger charge is 2.17. The maximum Gasteiger partial charge on any atom is 0.261 e. The van der Waals surface area contributed by atoms with Gasteiger partial charge in [0.2, 0.25) is 0 Å². The summed E-state index contributed by atoms with van der Waals surface area (Å²) in [4.78, 5) is 13.9. The zero-order valence-electron chi connectivity index (χ0n) is 13.5. The van der Waals surface area contributed by atoms with Gasteiger partial charge in [0.15, 0.2) is 0 Å². The fraction of sp³-hybridized carbons (Fsp3) is 0.294. The predicted octanol–water partition coefficient (Wildman–Crippen LogP) is 3.82. The number of rotatable bonds is 6. The molecule has 0 aliphatic carbocycles. The van der Waals surface area contributed by atoms with Crippen LogP contribution in [-0.4, -0.2) is 35.9 Å². The topological polar surface area (TPSA) is 56.1 Å². The minimum absolute atomic E-state index is 0.0718. The molecule has 0 saturated heterocycles. The van der Waals surface area contributed by atoms with E-state index in [1.165, 1.54) is 11.3 Å². The van der Waals surface area contributed by atoms with E-state index in [2.05, 4.69) is 10.4 Å². The molecule has 0 unspecified atom stereocenters. The number of halogens is 1. The molecule has 7 heteroatoms. The quantitative estimate of drug-likeness (QED) is 0.677. The lowest BCUT2D eigenvalue weighted by Crippen LogP contribution is -2.24. The third kappa shape index (κ3) is 3.31. The summed E-state index contributed by atoms with van der Waals surface area (Å²) in [6.07, 6.45) is 0.791. The Bertz CT molecular complexity index is 872. The molecule has 3 aromatic rings. The van der Waals surface area contributed by atoms with Gasteiger partial charge in [0, 0.05) is 25.6 Å². The van der Waals surface area contributed by atoms with Gasteiger partial charge in [-0.2, -0.15) is 5.10 Å². The Hall–Kier alpha value is -1.89. The van der Waals surface area contributed by atoms with Crippen molar-refractivity contribution in [1.29, 1.82) is 0 Å². The fourth-order valence-corrected chi connectivity index (χ4v) is 3.76. The van der Waals surface area contributed by atoms with Crippen LogP contribution >= 0.6 is 22.9 Å². The fourth-order valence-electron chi connectivity index (χ4n) is 2.45. The lowest BCUT2D eigenvalue weighted by Gasteiger charge is -2.04. The van der Waals surface area contributed by atoms with Crippen LogP contribution in [0.2, 0.25) is 5.02 Å². The second-order valence-electron chi connectivity index (χ2n) is 5.38. The number of para-hydroxylation sites is 1. The Morgan fingerprint density at radius 1 is 1.42 bits per heavy atom. The summed E-state index contributed by atoms with van der Waals surface area (Å²) in [5.74, 6) is -0.0718. The molecule has 0 fully saturated rings. The smallest absolute Gasteiger partial charge is 0.261 e. The molecule has 1 aromatic carbocycles. The first kappa shape index (κ1) is 17.0. The summed E-state index contributed by atoms with van der Waals surface area (Å²) in [6, 6.07) is 9.43. The number of ether oxygens (including phenoxy) is 1. The number of benzene rings is 1. The first-order valence-electron chi connectivity index (χ1n) is 7.63. The van der Waals surface area contributed by atoms with Gasteiger partial charge in [-0.3, -0.25) is 4.79 Å². The van der Waals surface area contributed by atoms with Crippen LogP contribution < -0.4 is 5.32 Å². The van der Waals surface area contributed by atoms with Crippen LogP contribution in [0, 0.1) is 6.92 Å². The summed E-state index contributed by atoms with van der Waals surface area (Å²) in [5.41, 5.74) is 1.69. The van der Waals surface area contributed by atoms with Gasteiger partial charge in [0.05, 0.1) is 21.3 Å². The Balaban J connectivity index is 1.90. The van der Waals surface area contributed by atoms with Crippen molar-refractivity contribution in [2.45, 2.75) is 13.3 Å². The first-order chi connectivity index (χ1) is 11.6. The highest BCUT2D eigenvalue weighted by atomic mass is 35.5. The summed E-state index contributed by atoms with van der Waals surface area (Å²) in [7, 11) is 1.65. The first-order valence-corrected chi connectivity index (χ1v) is 8.82. The average molecular weight is 364 g/mol. The molecule has 1 amide bonds. The Kier molecular flexibility index (Phi) is 5.18. The van der Waals surface area contributed by atoms with Crippen LogP contribution in [0.3, 0.4) is 0 Å². The number of carbonyl (C=O) groups is 1. The van der Waals surface area contributed by atoms with E-state index in [9.17, 15) is 4.79 Å².